The van der Waals surface area contributed by atoms with E-state index in [0.29, 0.717) is 45.7 Å². The lowest BCUT2D eigenvalue weighted by atomic mass is 10.0. The zero-order valence-electron chi connectivity index (χ0n) is 21.0. The van der Waals surface area contributed by atoms with Crippen LogP contribution in [0.4, 0.5) is 14.9 Å². The van der Waals surface area contributed by atoms with E-state index < -0.39 is 6.09 Å². The highest BCUT2D eigenvalue weighted by atomic mass is 19.1. The van der Waals surface area contributed by atoms with Crippen LogP contribution in [0.25, 0.3) is 0 Å². The highest BCUT2D eigenvalue weighted by molar-refractivity contribution is 5.79. The number of halogens is 1. The molecule has 2 N–H and O–H groups in total. The Balaban J connectivity index is 1.29. The molecule has 0 radical (unpaired) electrons. The SMILES string of the molecule is COc1cc(CC(=O)N2CCC(Nc3cccc(F)c3)CC2)ccc1CN1CCN(C(=O)O)[C@@H](C)C1. The molecule has 2 amide bonds. The first kappa shape index (κ1) is 25.8. The summed E-state index contributed by atoms with van der Waals surface area (Å²) in [5, 5.41) is 12.7. The first-order valence-electron chi connectivity index (χ1n) is 12.5. The summed E-state index contributed by atoms with van der Waals surface area (Å²) >= 11 is 0. The van der Waals surface area contributed by atoms with Gasteiger partial charge in [0, 0.05) is 62.6 Å². The summed E-state index contributed by atoms with van der Waals surface area (Å²) in [5.74, 6) is 0.573. The van der Waals surface area contributed by atoms with Crippen LogP contribution in [0.2, 0.25) is 0 Å². The van der Waals surface area contributed by atoms with Crippen LogP contribution in [0.3, 0.4) is 0 Å². The van der Waals surface area contributed by atoms with Gasteiger partial charge in [0.15, 0.2) is 0 Å². The molecule has 2 aliphatic heterocycles. The van der Waals surface area contributed by atoms with Crippen LogP contribution in [0.5, 0.6) is 5.75 Å². The highest BCUT2D eigenvalue weighted by Gasteiger charge is 2.28. The predicted octanol–water partition coefficient (Wildman–Crippen LogP) is 3.66. The van der Waals surface area contributed by atoms with E-state index in [2.05, 4.69) is 10.2 Å². The molecule has 194 valence electrons. The van der Waals surface area contributed by atoms with Crippen LogP contribution in [0, 0.1) is 5.82 Å². The van der Waals surface area contributed by atoms with Crippen LogP contribution < -0.4 is 10.1 Å². The van der Waals surface area contributed by atoms with Gasteiger partial charge < -0.3 is 25.0 Å². The number of carboxylic acid groups (broad SMARTS) is 1. The third-order valence-electron chi connectivity index (χ3n) is 7.10. The van der Waals surface area contributed by atoms with Gasteiger partial charge in [0.05, 0.1) is 13.5 Å². The fourth-order valence-corrected chi connectivity index (χ4v) is 5.10. The van der Waals surface area contributed by atoms with Gasteiger partial charge in [-0.1, -0.05) is 18.2 Å². The molecule has 0 bridgehead atoms. The van der Waals surface area contributed by atoms with Gasteiger partial charge >= 0.3 is 6.09 Å². The second-order valence-corrected chi connectivity index (χ2v) is 9.69. The van der Waals surface area contributed by atoms with E-state index in [4.69, 9.17) is 4.74 Å². The largest absolute Gasteiger partial charge is 0.496 e. The van der Waals surface area contributed by atoms with Crippen molar-refractivity contribution in [1.82, 2.24) is 14.7 Å². The van der Waals surface area contributed by atoms with E-state index in [1.165, 1.54) is 17.0 Å². The Labute approximate surface area is 211 Å². The van der Waals surface area contributed by atoms with Gasteiger partial charge in [-0.25, -0.2) is 9.18 Å². The molecule has 4 rings (SSSR count). The summed E-state index contributed by atoms with van der Waals surface area (Å²) in [7, 11) is 1.63. The molecule has 0 unspecified atom stereocenters. The number of nitrogens with zero attached hydrogens (tertiary/aromatic N) is 3. The number of hydrogen-bond acceptors (Lipinski definition) is 5. The second kappa shape index (κ2) is 11.6. The minimum Gasteiger partial charge on any atom is -0.496 e. The number of hydrogen-bond donors (Lipinski definition) is 2. The Bertz CT molecular complexity index is 1070. The van der Waals surface area contributed by atoms with Gasteiger partial charge in [0.2, 0.25) is 5.91 Å². The number of anilines is 1. The molecular weight excluding hydrogens is 463 g/mol. The number of likely N-dealkylation sites (tertiary alicyclic amines) is 1. The van der Waals surface area contributed by atoms with Crippen molar-refractivity contribution in [2.75, 3.05) is 45.2 Å². The number of piperidine rings is 1. The molecule has 1 atom stereocenters. The number of carbonyl (C=O) groups excluding carboxylic acids is 1. The van der Waals surface area contributed by atoms with Gasteiger partial charge in [-0.3, -0.25) is 9.69 Å². The number of methoxy groups -OCH3 is 1. The molecule has 2 aromatic rings. The van der Waals surface area contributed by atoms with Crippen molar-refractivity contribution in [2.45, 2.75) is 44.8 Å². The van der Waals surface area contributed by atoms with Crippen LogP contribution in [0.15, 0.2) is 42.5 Å². The van der Waals surface area contributed by atoms with E-state index >= 15 is 0 Å². The topological polar surface area (TPSA) is 85.4 Å². The fourth-order valence-electron chi connectivity index (χ4n) is 5.10. The molecule has 36 heavy (non-hydrogen) atoms. The quantitative estimate of drug-likeness (QED) is 0.606. The molecule has 0 aliphatic carbocycles. The molecule has 0 spiro atoms. The number of piperazine rings is 1. The maximum atomic E-state index is 13.4. The standard InChI is InChI=1S/C27H35FN4O4/c1-19-17-30(12-13-32(19)27(34)35)18-21-7-6-20(14-25(21)36-2)15-26(33)31-10-8-23(9-11-31)29-24-5-3-4-22(28)16-24/h3-7,14,16,19,23,29H,8-13,15,17-18H2,1-2H3,(H,34,35)/t19-/m0/s1. The van der Waals surface area contributed by atoms with E-state index in [0.717, 1.165) is 35.4 Å². The first-order chi connectivity index (χ1) is 17.3. The maximum absolute atomic E-state index is 13.4. The summed E-state index contributed by atoms with van der Waals surface area (Å²) in [4.78, 5) is 29.9. The van der Waals surface area contributed by atoms with Crippen molar-refractivity contribution in [3.8, 4) is 5.75 Å². The Morgan fingerprint density at radius 3 is 2.56 bits per heavy atom. The minimum atomic E-state index is -0.874. The zero-order chi connectivity index (χ0) is 25.7. The highest BCUT2D eigenvalue weighted by Crippen LogP contribution is 2.25. The lowest BCUT2D eigenvalue weighted by Gasteiger charge is -2.38. The number of benzene rings is 2. The molecule has 2 saturated heterocycles. The predicted molar refractivity (Wildman–Crippen MR) is 136 cm³/mol. The summed E-state index contributed by atoms with van der Waals surface area (Å²) in [5.41, 5.74) is 2.70. The fraction of sp³-hybridized carbons (Fsp3) is 0.481. The average Bonchev–Trinajstić information content (AvgIpc) is 2.85. The monoisotopic (exact) mass is 498 g/mol. The van der Waals surface area contributed by atoms with E-state index in [-0.39, 0.29) is 23.8 Å². The van der Waals surface area contributed by atoms with Gasteiger partial charge in [0.25, 0.3) is 0 Å². The van der Waals surface area contributed by atoms with Crippen LogP contribution in [0.1, 0.15) is 30.9 Å². The van der Waals surface area contributed by atoms with E-state index in [1.807, 2.05) is 36.1 Å². The third-order valence-corrected chi connectivity index (χ3v) is 7.10. The van der Waals surface area contributed by atoms with Crippen LogP contribution in [-0.4, -0.2) is 83.7 Å². The van der Waals surface area contributed by atoms with E-state index in [9.17, 15) is 19.1 Å². The summed E-state index contributed by atoms with van der Waals surface area (Å²) in [6.45, 7) is 5.75. The van der Waals surface area contributed by atoms with E-state index in [1.54, 1.807) is 13.2 Å². The molecular formula is C27H35FN4O4. The lowest BCUT2D eigenvalue weighted by molar-refractivity contribution is -0.131. The summed E-state index contributed by atoms with van der Waals surface area (Å²) in [6, 6.07) is 12.5. The third kappa shape index (κ3) is 6.46. The second-order valence-electron chi connectivity index (χ2n) is 9.69. The lowest BCUT2D eigenvalue weighted by Crippen LogP contribution is -2.53. The number of ether oxygens (including phenoxy) is 1. The Hall–Kier alpha value is -3.33. The minimum absolute atomic E-state index is 0.0626. The Morgan fingerprint density at radius 2 is 1.89 bits per heavy atom. The number of nitrogens with one attached hydrogen (secondary N) is 1. The van der Waals surface area contributed by atoms with Crippen molar-refractivity contribution in [2.24, 2.45) is 0 Å². The van der Waals surface area contributed by atoms with Gasteiger partial charge in [-0.05, 0) is 49.6 Å². The summed E-state index contributed by atoms with van der Waals surface area (Å²) in [6.07, 6.45) is 1.07. The molecule has 0 aromatic heterocycles. The van der Waals surface area contributed by atoms with Crippen LogP contribution in [-0.2, 0) is 17.8 Å². The number of amides is 2. The van der Waals surface area contributed by atoms with Gasteiger partial charge in [0.1, 0.15) is 11.6 Å². The van der Waals surface area contributed by atoms with Crippen molar-refractivity contribution < 1.29 is 23.8 Å². The number of carbonyl (C=O) groups is 2. The molecule has 9 heteroatoms. The Morgan fingerprint density at radius 1 is 1.11 bits per heavy atom. The Kier molecular flexibility index (Phi) is 8.30. The normalized spacial score (nSPS) is 19.2. The molecule has 2 fully saturated rings. The molecule has 2 heterocycles. The van der Waals surface area contributed by atoms with Crippen LogP contribution >= 0.6 is 0 Å². The van der Waals surface area contributed by atoms with Gasteiger partial charge in [-0.2, -0.15) is 0 Å². The molecule has 8 nitrogen and oxygen atoms in total. The first-order valence-corrected chi connectivity index (χ1v) is 12.5. The molecule has 2 aliphatic rings. The van der Waals surface area contributed by atoms with Crippen molar-refractivity contribution in [1.29, 1.82) is 0 Å². The molecule has 0 saturated carbocycles. The van der Waals surface area contributed by atoms with Gasteiger partial charge in [-0.15, -0.1) is 0 Å². The smallest absolute Gasteiger partial charge is 0.407 e. The van der Waals surface area contributed by atoms with Crippen molar-refractivity contribution in [3.63, 3.8) is 0 Å². The van der Waals surface area contributed by atoms with Crippen molar-refractivity contribution >= 4 is 17.7 Å². The summed E-state index contributed by atoms with van der Waals surface area (Å²) < 4.78 is 19.1. The maximum Gasteiger partial charge on any atom is 0.407 e. The number of rotatable bonds is 7. The average molecular weight is 499 g/mol. The van der Waals surface area contributed by atoms with Crippen molar-refractivity contribution in [3.05, 3.63) is 59.4 Å². The molecule has 2 aromatic carbocycles. The zero-order valence-corrected chi connectivity index (χ0v) is 21.0.